The van der Waals surface area contributed by atoms with E-state index in [4.69, 9.17) is 29.8 Å². The van der Waals surface area contributed by atoms with Gasteiger partial charge in [0.1, 0.15) is 40.7 Å². The van der Waals surface area contributed by atoms with Crippen LogP contribution in [0.25, 0.3) is 11.0 Å². The van der Waals surface area contributed by atoms with E-state index in [0.29, 0.717) is 34.4 Å². The van der Waals surface area contributed by atoms with Crippen LogP contribution < -0.4 is 20.8 Å². The van der Waals surface area contributed by atoms with Crippen molar-refractivity contribution in [3.63, 3.8) is 0 Å². The van der Waals surface area contributed by atoms with E-state index in [1.807, 2.05) is 0 Å². The van der Waals surface area contributed by atoms with Gasteiger partial charge in [-0.25, -0.2) is 4.79 Å². The number of aryl methyl sites for hydroxylation is 1. The lowest BCUT2D eigenvalue weighted by atomic mass is 9.90. The average Bonchev–Trinajstić information content (AvgIpc) is 3.27. The standard InChI is InChI=1S/C18H16N2O7/c1-24-7-4-8-11(12-13(22)15(16(19)20)27-18(12)25-8)14-10(7)5-2-3-6(21)9(5)17(23)26-14/h4,12-13,15,18,22H,2-3H2,1H3,(H3,19,20)/t12-,13-,15-,18+/m1/s1. The molecular formula is C18H16N2O7. The van der Waals surface area contributed by atoms with Crippen molar-refractivity contribution in [3.05, 3.63) is 33.2 Å². The second-order valence-corrected chi connectivity index (χ2v) is 6.88. The summed E-state index contributed by atoms with van der Waals surface area (Å²) >= 11 is 0. The molecule has 4 N–H and O–H groups in total. The molecule has 0 saturated carbocycles. The minimum atomic E-state index is -1.13. The third-order valence-electron chi connectivity index (χ3n) is 5.48. The number of aliphatic hydroxyl groups is 1. The molecule has 2 aliphatic heterocycles. The molecule has 3 aliphatic rings. The van der Waals surface area contributed by atoms with Crippen molar-refractivity contribution in [2.24, 2.45) is 5.73 Å². The number of carbonyl (C=O) groups excluding carboxylic acids is 1. The average molecular weight is 372 g/mol. The van der Waals surface area contributed by atoms with Crippen molar-refractivity contribution in [1.29, 1.82) is 5.41 Å². The Bertz CT molecular complexity index is 1090. The van der Waals surface area contributed by atoms with Crippen LogP contribution in [0.5, 0.6) is 11.5 Å². The largest absolute Gasteiger partial charge is 0.496 e. The second kappa shape index (κ2) is 5.30. The number of rotatable bonds is 2. The number of nitrogens with two attached hydrogens (primary N) is 1. The predicted molar refractivity (Wildman–Crippen MR) is 91.6 cm³/mol. The van der Waals surface area contributed by atoms with Gasteiger partial charge in [-0.2, -0.15) is 0 Å². The van der Waals surface area contributed by atoms with Gasteiger partial charge in [-0.1, -0.05) is 0 Å². The first-order chi connectivity index (χ1) is 12.9. The summed E-state index contributed by atoms with van der Waals surface area (Å²) in [5, 5.41) is 18.7. The second-order valence-electron chi connectivity index (χ2n) is 6.88. The number of methoxy groups -OCH3 is 1. The van der Waals surface area contributed by atoms with Crippen LogP contribution in [-0.2, 0) is 11.2 Å². The Morgan fingerprint density at radius 2 is 2.15 bits per heavy atom. The molecular weight excluding hydrogens is 356 g/mol. The fraction of sp³-hybridized carbons (Fsp3) is 0.389. The van der Waals surface area contributed by atoms with E-state index in [-0.39, 0.29) is 29.2 Å². The number of hydrogen-bond donors (Lipinski definition) is 3. The Balaban J connectivity index is 1.82. The normalized spacial score (nSPS) is 28.0. The maximum atomic E-state index is 12.5. The number of aliphatic hydroxyl groups excluding tert-OH is 1. The molecule has 0 bridgehead atoms. The van der Waals surface area contributed by atoms with Crippen LogP contribution in [0, 0.1) is 5.41 Å². The molecule has 0 unspecified atom stereocenters. The minimum Gasteiger partial charge on any atom is -0.496 e. The number of hydrogen-bond acceptors (Lipinski definition) is 8. The first kappa shape index (κ1) is 16.3. The monoisotopic (exact) mass is 372 g/mol. The van der Waals surface area contributed by atoms with Crippen LogP contribution in [0.4, 0.5) is 0 Å². The number of fused-ring (bicyclic) bond motifs is 7. The van der Waals surface area contributed by atoms with Crippen LogP contribution in [0.1, 0.15) is 33.8 Å². The van der Waals surface area contributed by atoms with Gasteiger partial charge in [-0.3, -0.25) is 10.2 Å². The first-order valence-electron chi connectivity index (χ1n) is 8.50. The van der Waals surface area contributed by atoms with E-state index in [1.165, 1.54) is 7.11 Å². The smallest absolute Gasteiger partial charge is 0.347 e. The van der Waals surface area contributed by atoms with Crippen LogP contribution in [0.3, 0.4) is 0 Å². The molecule has 1 aromatic carbocycles. The summed E-state index contributed by atoms with van der Waals surface area (Å²) in [5.41, 5.74) is 6.10. The minimum absolute atomic E-state index is 0.0565. The molecule has 1 saturated heterocycles. The van der Waals surface area contributed by atoms with Gasteiger partial charge in [-0.15, -0.1) is 0 Å². The van der Waals surface area contributed by atoms with Gasteiger partial charge in [0.15, 0.2) is 5.78 Å². The SMILES string of the molecule is COc1cc2c(c3oc(=O)c4c(c13)CCC4=O)[C@H]1[C@@H](O2)O[C@@H](C(=N)N)[C@@H]1O. The van der Waals surface area contributed by atoms with Gasteiger partial charge in [-0.05, 0) is 12.0 Å². The van der Waals surface area contributed by atoms with Crippen molar-refractivity contribution in [3.8, 4) is 11.5 Å². The van der Waals surface area contributed by atoms with Gasteiger partial charge in [0.2, 0.25) is 6.29 Å². The summed E-state index contributed by atoms with van der Waals surface area (Å²) < 4.78 is 22.3. The van der Waals surface area contributed by atoms with Crippen molar-refractivity contribution in [2.75, 3.05) is 7.11 Å². The molecule has 2 aromatic rings. The van der Waals surface area contributed by atoms with Gasteiger partial charge < -0.3 is 29.5 Å². The lowest BCUT2D eigenvalue weighted by Gasteiger charge is -2.17. The Kier molecular flexibility index (Phi) is 3.20. The highest BCUT2D eigenvalue weighted by Crippen LogP contribution is 2.52. The van der Waals surface area contributed by atoms with E-state index >= 15 is 0 Å². The summed E-state index contributed by atoms with van der Waals surface area (Å²) in [7, 11) is 1.47. The van der Waals surface area contributed by atoms with Gasteiger partial charge in [0, 0.05) is 12.5 Å². The van der Waals surface area contributed by atoms with Crippen molar-refractivity contribution < 1.29 is 28.5 Å². The van der Waals surface area contributed by atoms with Crippen LogP contribution in [-0.4, -0.2) is 42.3 Å². The first-order valence-corrected chi connectivity index (χ1v) is 8.50. The number of benzene rings is 1. The number of carbonyl (C=O) groups is 1. The summed E-state index contributed by atoms with van der Waals surface area (Å²) in [6, 6.07) is 1.64. The summed E-state index contributed by atoms with van der Waals surface area (Å²) in [5.74, 6) is -0.467. The number of amidine groups is 1. The zero-order valence-electron chi connectivity index (χ0n) is 14.3. The number of ketones is 1. The third-order valence-corrected chi connectivity index (χ3v) is 5.48. The Morgan fingerprint density at radius 3 is 2.85 bits per heavy atom. The van der Waals surface area contributed by atoms with Crippen LogP contribution in [0.15, 0.2) is 15.3 Å². The summed E-state index contributed by atoms with van der Waals surface area (Å²) in [6.07, 6.45) is -2.35. The lowest BCUT2D eigenvalue weighted by Crippen LogP contribution is -2.37. The molecule has 27 heavy (non-hydrogen) atoms. The third kappa shape index (κ3) is 1.98. The number of ether oxygens (including phenoxy) is 3. The molecule has 0 spiro atoms. The fourth-order valence-corrected chi connectivity index (χ4v) is 4.33. The Morgan fingerprint density at radius 1 is 1.37 bits per heavy atom. The summed E-state index contributed by atoms with van der Waals surface area (Å²) in [4.78, 5) is 24.6. The van der Waals surface area contributed by atoms with Crippen molar-refractivity contribution in [2.45, 2.75) is 37.3 Å². The van der Waals surface area contributed by atoms with E-state index in [9.17, 15) is 14.7 Å². The molecule has 3 heterocycles. The summed E-state index contributed by atoms with van der Waals surface area (Å²) in [6.45, 7) is 0. The molecule has 0 amide bonds. The van der Waals surface area contributed by atoms with Gasteiger partial charge in [0.05, 0.1) is 24.0 Å². The number of Topliss-reactive ketones (excluding diaryl/α,β-unsaturated/α-hetero) is 1. The lowest BCUT2D eigenvalue weighted by molar-refractivity contribution is -0.0532. The zero-order chi connectivity index (χ0) is 19.0. The molecule has 0 radical (unpaired) electrons. The van der Waals surface area contributed by atoms with Crippen LogP contribution >= 0.6 is 0 Å². The molecule has 1 aliphatic carbocycles. The van der Waals surface area contributed by atoms with E-state index < -0.39 is 30.0 Å². The molecule has 5 rings (SSSR count). The van der Waals surface area contributed by atoms with E-state index in [2.05, 4.69) is 0 Å². The highest BCUT2D eigenvalue weighted by atomic mass is 16.7. The quantitative estimate of drug-likeness (QED) is 0.391. The predicted octanol–water partition coefficient (Wildman–Crippen LogP) is 0.428. The Hall–Kier alpha value is -2.91. The van der Waals surface area contributed by atoms with Crippen molar-refractivity contribution >= 4 is 22.6 Å². The molecule has 9 nitrogen and oxygen atoms in total. The molecule has 4 atom stereocenters. The van der Waals surface area contributed by atoms with Crippen LogP contribution in [0.2, 0.25) is 0 Å². The maximum Gasteiger partial charge on any atom is 0.347 e. The van der Waals surface area contributed by atoms with Gasteiger partial charge in [0.25, 0.3) is 0 Å². The zero-order valence-corrected chi connectivity index (χ0v) is 14.3. The maximum absolute atomic E-state index is 12.5. The van der Waals surface area contributed by atoms with E-state index in [1.54, 1.807) is 6.07 Å². The van der Waals surface area contributed by atoms with E-state index in [0.717, 1.165) is 0 Å². The van der Waals surface area contributed by atoms with Gasteiger partial charge >= 0.3 is 5.63 Å². The topological polar surface area (TPSA) is 145 Å². The molecule has 1 fully saturated rings. The Labute approximate surface area is 152 Å². The fourth-order valence-electron chi connectivity index (χ4n) is 4.33. The molecule has 140 valence electrons. The number of nitrogens with one attached hydrogen (secondary N) is 1. The molecule has 9 heteroatoms. The highest BCUT2D eigenvalue weighted by Gasteiger charge is 2.53. The molecule has 1 aromatic heterocycles. The van der Waals surface area contributed by atoms with Crippen molar-refractivity contribution in [1.82, 2.24) is 0 Å². The highest BCUT2D eigenvalue weighted by molar-refractivity contribution is 6.06.